The average molecular weight is 433 g/mol. The van der Waals surface area contributed by atoms with Gasteiger partial charge in [-0.15, -0.1) is 11.3 Å². The molecule has 0 aromatic carbocycles. The van der Waals surface area contributed by atoms with E-state index in [-0.39, 0.29) is 11.9 Å². The number of carbonyl (C=O) groups excluding carboxylic acids is 1. The van der Waals surface area contributed by atoms with Gasteiger partial charge in [0, 0.05) is 45.0 Å². The number of likely N-dealkylation sites (N-methyl/N-ethyl adjacent to an activating group) is 1. The molecule has 1 aliphatic heterocycles. The number of imidazole rings is 1. The van der Waals surface area contributed by atoms with Gasteiger partial charge in [0.05, 0.1) is 24.7 Å². The fraction of sp³-hybridized carbons (Fsp3) is 0.529. The highest BCUT2D eigenvalue weighted by molar-refractivity contribution is 7.09. The van der Waals surface area contributed by atoms with Crippen LogP contribution in [0, 0.1) is 0 Å². The summed E-state index contributed by atoms with van der Waals surface area (Å²) in [6, 6.07) is 0.237. The summed E-state index contributed by atoms with van der Waals surface area (Å²) in [5.74, 6) is -1.63. The number of halogens is 3. The smallest absolute Gasteiger partial charge is 0.475 e. The largest absolute Gasteiger partial charge is 0.490 e. The second kappa shape index (κ2) is 9.35. The van der Waals surface area contributed by atoms with Crippen molar-refractivity contribution in [2.45, 2.75) is 38.7 Å². The number of carbonyl (C=O) groups is 2. The molecule has 0 saturated heterocycles. The second-order valence-electron chi connectivity index (χ2n) is 6.62. The number of rotatable bonds is 4. The molecule has 12 heteroatoms. The summed E-state index contributed by atoms with van der Waals surface area (Å²) >= 11 is 1.69. The highest BCUT2D eigenvalue weighted by Gasteiger charge is 2.38. The van der Waals surface area contributed by atoms with E-state index in [1.54, 1.807) is 30.3 Å². The fourth-order valence-corrected chi connectivity index (χ4v) is 3.35. The molecule has 1 unspecified atom stereocenters. The maximum absolute atomic E-state index is 11.8. The average Bonchev–Trinajstić information content (AvgIpc) is 3.26. The molecule has 0 radical (unpaired) electrons. The summed E-state index contributed by atoms with van der Waals surface area (Å²) in [5, 5.41) is 10.3. The number of hydrogen-bond donors (Lipinski definition) is 1. The summed E-state index contributed by atoms with van der Waals surface area (Å²) in [5.41, 5.74) is 0.858. The fourth-order valence-electron chi connectivity index (χ4n) is 2.71. The molecule has 160 valence electrons. The maximum Gasteiger partial charge on any atom is 0.490 e. The molecular weight excluding hydrogens is 411 g/mol. The van der Waals surface area contributed by atoms with Gasteiger partial charge >= 0.3 is 12.1 Å². The minimum atomic E-state index is -5.08. The molecule has 0 spiro atoms. The van der Waals surface area contributed by atoms with Crippen molar-refractivity contribution in [3.05, 3.63) is 34.3 Å². The van der Waals surface area contributed by atoms with Crippen LogP contribution in [0.25, 0.3) is 0 Å². The van der Waals surface area contributed by atoms with E-state index < -0.39 is 12.1 Å². The van der Waals surface area contributed by atoms with Gasteiger partial charge in [0.25, 0.3) is 0 Å². The zero-order valence-corrected chi connectivity index (χ0v) is 17.0. The highest BCUT2D eigenvalue weighted by atomic mass is 32.1. The summed E-state index contributed by atoms with van der Waals surface area (Å²) in [7, 11) is 3.55. The molecule has 2 aromatic rings. The van der Waals surface area contributed by atoms with E-state index in [0.29, 0.717) is 6.42 Å². The predicted octanol–water partition coefficient (Wildman–Crippen LogP) is 2.18. The van der Waals surface area contributed by atoms with Gasteiger partial charge in [-0.2, -0.15) is 13.2 Å². The van der Waals surface area contributed by atoms with E-state index in [9.17, 15) is 18.0 Å². The molecule has 0 saturated carbocycles. The third kappa shape index (κ3) is 6.26. The van der Waals surface area contributed by atoms with E-state index in [1.807, 2.05) is 17.8 Å². The van der Waals surface area contributed by atoms with Crippen LogP contribution in [0.15, 0.2) is 17.8 Å². The van der Waals surface area contributed by atoms with Crippen LogP contribution in [0.2, 0.25) is 0 Å². The Balaban J connectivity index is 0.000000370. The number of carboxylic acid groups (broad SMARTS) is 1. The Labute approximate surface area is 169 Å². The number of aromatic nitrogens is 3. The quantitative estimate of drug-likeness (QED) is 0.795. The predicted molar refractivity (Wildman–Crippen MR) is 99.3 cm³/mol. The first-order valence-electron chi connectivity index (χ1n) is 8.67. The van der Waals surface area contributed by atoms with Crippen LogP contribution in [-0.4, -0.2) is 68.1 Å². The maximum atomic E-state index is 11.8. The number of carboxylic acids is 1. The van der Waals surface area contributed by atoms with Crippen LogP contribution in [0.3, 0.4) is 0 Å². The van der Waals surface area contributed by atoms with Crippen LogP contribution in [0.1, 0.15) is 29.5 Å². The SMILES string of the molecule is CC1c2nc(CC(=O)N(C)C)cn2CCN1Cc1nccs1.O=C(O)C(F)(F)F. The molecule has 0 bridgehead atoms. The Bertz CT molecular complexity index is 836. The van der Waals surface area contributed by atoms with Crippen molar-refractivity contribution >= 4 is 23.2 Å². The molecular formula is C17H22F3N5O3S. The van der Waals surface area contributed by atoms with Gasteiger partial charge in [-0.25, -0.2) is 14.8 Å². The number of aliphatic carboxylic acids is 1. The molecule has 2 aromatic heterocycles. The molecule has 8 nitrogen and oxygen atoms in total. The first-order valence-corrected chi connectivity index (χ1v) is 9.55. The van der Waals surface area contributed by atoms with Crippen molar-refractivity contribution < 1.29 is 27.9 Å². The zero-order chi connectivity index (χ0) is 21.8. The van der Waals surface area contributed by atoms with Crippen molar-refractivity contribution in [1.29, 1.82) is 0 Å². The number of amides is 1. The molecule has 1 aliphatic rings. The normalized spacial score (nSPS) is 16.6. The minimum Gasteiger partial charge on any atom is -0.475 e. The summed E-state index contributed by atoms with van der Waals surface area (Å²) in [6.45, 7) is 4.92. The molecule has 1 N–H and O–H groups in total. The lowest BCUT2D eigenvalue weighted by Gasteiger charge is -2.32. The third-order valence-electron chi connectivity index (χ3n) is 4.30. The third-order valence-corrected chi connectivity index (χ3v) is 5.07. The lowest BCUT2D eigenvalue weighted by molar-refractivity contribution is -0.192. The van der Waals surface area contributed by atoms with Crippen LogP contribution in [0.4, 0.5) is 13.2 Å². The van der Waals surface area contributed by atoms with Crippen molar-refractivity contribution in [3.63, 3.8) is 0 Å². The number of fused-ring (bicyclic) bond motifs is 1. The monoisotopic (exact) mass is 433 g/mol. The topological polar surface area (TPSA) is 91.6 Å². The van der Waals surface area contributed by atoms with Gasteiger partial charge in [0.1, 0.15) is 10.8 Å². The van der Waals surface area contributed by atoms with Crippen molar-refractivity contribution in [2.75, 3.05) is 20.6 Å². The number of thiazole rings is 1. The van der Waals surface area contributed by atoms with E-state index >= 15 is 0 Å². The van der Waals surface area contributed by atoms with E-state index in [4.69, 9.17) is 14.9 Å². The van der Waals surface area contributed by atoms with Gasteiger partial charge in [-0.3, -0.25) is 9.69 Å². The van der Waals surface area contributed by atoms with Crippen LogP contribution < -0.4 is 0 Å². The zero-order valence-electron chi connectivity index (χ0n) is 16.2. The molecule has 3 rings (SSSR count). The Morgan fingerprint density at radius 3 is 2.52 bits per heavy atom. The van der Waals surface area contributed by atoms with Crippen molar-refractivity contribution in [3.8, 4) is 0 Å². The Morgan fingerprint density at radius 2 is 2.00 bits per heavy atom. The van der Waals surface area contributed by atoms with Gasteiger partial charge in [-0.1, -0.05) is 0 Å². The van der Waals surface area contributed by atoms with E-state index in [1.165, 1.54) is 0 Å². The van der Waals surface area contributed by atoms with E-state index in [2.05, 4.69) is 21.4 Å². The van der Waals surface area contributed by atoms with Crippen molar-refractivity contribution in [2.24, 2.45) is 0 Å². The van der Waals surface area contributed by atoms with Gasteiger partial charge in [0.15, 0.2) is 0 Å². The molecule has 0 aliphatic carbocycles. The number of nitrogens with zero attached hydrogens (tertiary/aromatic N) is 5. The standard InChI is InChI=1S/C15H21N5OS.C2HF3O2/c1-11-15-17-12(8-14(21)18(2)3)9-20(15)6-5-19(11)10-13-16-4-7-22-13;3-2(4,5)1(6)7/h4,7,9,11H,5-6,8,10H2,1-3H3;(H,6,7). The van der Waals surface area contributed by atoms with Gasteiger partial charge in [0.2, 0.25) is 5.91 Å². The second-order valence-corrected chi connectivity index (χ2v) is 7.60. The molecule has 1 atom stereocenters. The number of hydrogen-bond acceptors (Lipinski definition) is 6. The van der Waals surface area contributed by atoms with Gasteiger partial charge in [-0.05, 0) is 6.92 Å². The summed E-state index contributed by atoms with van der Waals surface area (Å²) in [4.78, 5) is 33.8. The van der Waals surface area contributed by atoms with Crippen molar-refractivity contribution in [1.82, 2.24) is 24.3 Å². The van der Waals surface area contributed by atoms with Crippen LogP contribution in [-0.2, 0) is 29.1 Å². The Kier molecular flexibility index (Phi) is 7.36. The van der Waals surface area contributed by atoms with Crippen LogP contribution in [0.5, 0.6) is 0 Å². The Morgan fingerprint density at radius 1 is 1.34 bits per heavy atom. The minimum absolute atomic E-state index is 0.0859. The van der Waals surface area contributed by atoms with Gasteiger partial charge < -0.3 is 14.6 Å². The van der Waals surface area contributed by atoms with E-state index in [0.717, 1.165) is 36.2 Å². The lowest BCUT2D eigenvalue weighted by atomic mass is 10.2. The molecule has 1 amide bonds. The summed E-state index contributed by atoms with van der Waals surface area (Å²) in [6.07, 6.45) is -0.847. The first-order chi connectivity index (χ1) is 13.5. The lowest BCUT2D eigenvalue weighted by Crippen LogP contribution is -2.36. The first kappa shape index (κ1) is 22.8. The van der Waals surface area contributed by atoms with Crippen LogP contribution >= 0.6 is 11.3 Å². The molecule has 29 heavy (non-hydrogen) atoms. The Hall–Kier alpha value is -2.47. The highest BCUT2D eigenvalue weighted by Crippen LogP contribution is 2.26. The molecule has 3 heterocycles. The number of alkyl halides is 3. The summed E-state index contributed by atoms with van der Waals surface area (Å²) < 4.78 is 33.9. The molecule has 0 fully saturated rings.